The van der Waals surface area contributed by atoms with Crippen LogP contribution in [0.2, 0.25) is 0 Å². The number of hydrogen-bond acceptors (Lipinski definition) is 2. The molecule has 1 N–H and O–H groups in total. The van der Waals surface area contributed by atoms with E-state index in [2.05, 4.69) is 53.5 Å². The van der Waals surface area contributed by atoms with Gasteiger partial charge in [-0.15, -0.1) is 12.4 Å². The third-order valence-corrected chi connectivity index (χ3v) is 4.56. The molecule has 1 unspecified atom stereocenters. The summed E-state index contributed by atoms with van der Waals surface area (Å²) in [6.07, 6.45) is 7.17. The lowest BCUT2D eigenvalue weighted by atomic mass is 10.1. The fraction of sp³-hybridized carbons (Fsp3) is 0.667. The monoisotopic (exact) mass is 439 g/mol. The summed E-state index contributed by atoms with van der Waals surface area (Å²) in [7, 11) is 0. The summed E-state index contributed by atoms with van der Waals surface area (Å²) < 4.78 is 1.21. The highest BCUT2D eigenvalue weighted by molar-refractivity contribution is 14.1. The van der Waals surface area contributed by atoms with Crippen molar-refractivity contribution in [2.24, 2.45) is 0 Å². The van der Waals surface area contributed by atoms with E-state index < -0.39 is 0 Å². The predicted molar refractivity (Wildman–Crippen MR) is 107 cm³/mol. The molecule has 1 rings (SSSR count). The minimum Gasteiger partial charge on any atom is -0.387 e. The number of benzene rings is 1. The first-order valence-corrected chi connectivity index (χ1v) is 9.41. The maximum Gasteiger partial charge on any atom is 0.0916 e. The Hall–Kier alpha value is 0.160. The molecule has 1 aromatic carbocycles. The third kappa shape index (κ3) is 9.33. The van der Waals surface area contributed by atoms with Gasteiger partial charge in [-0.05, 0) is 66.2 Å². The van der Waals surface area contributed by atoms with Gasteiger partial charge in [0, 0.05) is 10.1 Å². The van der Waals surface area contributed by atoms with Crippen molar-refractivity contribution in [1.82, 2.24) is 4.90 Å². The maximum atomic E-state index is 10.5. The van der Waals surface area contributed by atoms with Crippen LogP contribution in [0.4, 0.5) is 0 Å². The van der Waals surface area contributed by atoms with Crippen molar-refractivity contribution < 1.29 is 5.11 Å². The van der Waals surface area contributed by atoms with Crippen molar-refractivity contribution in [2.45, 2.75) is 58.5 Å². The molecule has 1 atom stereocenters. The molecule has 0 amide bonds. The van der Waals surface area contributed by atoms with Crippen LogP contribution in [-0.4, -0.2) is 29.6 Å². The van der Waals surface area contributed by atoms with Crippen molar-refractivity contribution in [3.05, 3.63) is 33.4 Å². The number of rotatable bonds is 11. The molecule has 0 saturated carbocycles. The van der Waals surface area contributed by atoms with Gasteiger partial charge >= 0.3 is 0 Å². The van der Waals surface area contributed by atoms with Gasteiger partial charge in [-0.3, -0.25) is 0 Å². The lowest BCUT2D eigenvalue weighted by Gasteiger charge is -2.25. The van der Waals surface area contributed by atoms with E-state index in [1.807, 2.05) is 12.1 Å². The Balaban J connectivity index is 0.00000441. The maximum absolute atomic E-state index is 10.5. The SMILES string of the molecule is CCCCCN(CCCCC)CC(O)c1ccc(I)cc1.Cl. The van der Waals surface area contributed by atoms with E-state index >= 15 is 0 Å². The highest BCUT2D eigenvalue weighted by Crippen LogP contribution is 2.17. The zero-order valence-electron chi connectivity index (χ0n) is 13.9. The molecule has 0 heterocycles. The standard InChI is InChI=1S/C18H30INO.ClH/c1-3-5-7-13-20(14-8-6-4-2)15-18(21)16-9-11-17(19)12-10-16;/h9-12,18,21H,3-8,13-15H2,1-2H3;1H. The van der Waals surface area contributed by atoms with Crippen LogP contribution in [0.25, 0.3) is 0 Å². The van der Waals surface area contributed by atoms with Crippen LogP contribution < -0.4 is 0 Å². The average Bonchev–Trinajstić information content (AvgIpc) is 2.48. The number of nitrogens with zero attached hydrogens (tertiary/aromatic N) is 1. The van der Waals surface area contributed by atoms with Crippen LogP contribution in [0, 0.1) is 3.57 Å². The predicted octanol–water partition coefficient (Wildman–Crippen LogP) is 5.43. The van der Waals surface area contributed by atoms with Gasteiger partial charge in [-0.25, -0.2) is 0 Å². The normalized spacial score (nSPS) is 12.2. The molecule has 0 saturated heterocycles. The Morgan fingerprint density at radius 1 is 0.955 bits per heavy atom. The number of aliphatic hydroxyl groups is 1. The molecule has 0 bridgehead atoms. The molecule has 1 aromatic rings. The molecule has 2 nitrogen and oxygen atoms in total. The molecule has 0 aliphatic carbocycles. The molecule has 0 aliphatic rings. The molecule has 0 fully saturated rings. The Morgan fingerprint density at radius 3 is 1.91 bits per heavy atom. The molecule has 0 aliphatic heterocycles. The molecule has 4 heteroatoms. The van der Waals surface area contributed by atoms with E-state index in [9.17, 15) is 5.11 Å². The van der Waals surface area contributed by atoms with Gasteiger partial charge in [0.1, 0.15) is 0 Å². The van der Waals surface area contributed by atoms with Crippen LogP contribution in [0.15, 0.2) is 24.3 Å². The Bertz CT molecular complexity index is 362. The second kappa shape index (κ2) is 13.6. The topological polar surface area (TPSA) is 23.5 Å². The summed E-state index contributed by atoms with van der Waals surface area (Å²) >= 11 is 2.30. The molecular weight excluding hydrogens is 409 g/mol. The lowest BCUT2D eigenvalue weighted by Crippen LogP contribution is -2.30. The van der Waals surface area contributed by atoms with Crippen molar-refractivity contribution in [1.29, 1.82) is 0 Å². The molecule has 0 spiro atoms. The first-order valence-electron chi connectivity index (χ1n) is 8.33. The molecule has 22 heavy (non-hydrogen) atoms. The van der Waals surface area contributed by atoms with Crippen molar-refractivity contribution >= 4 is 35.0 Å². The minimum atomic E-state index is -0.370. The van der Waals surface area contributed by atoms with Crippen LogP contribution in [0.5, 0.6) is 0 Å². The van der Waals surface area contributed by atoms with Gasteiger partial charge < -0.3 is 10.0 Å². The second-order valence-corrected chi connectivity index (χ2v) is 7.03. The van der Waals surface area contributed by atoms with E-state index in [0.717, 1.165) is 25.2 Å². The first-order chi connectivity index (χ1) is 10.2. The number of hydrogen-bond donors (Lipinski definition) is 1. The minimum absolute atomic E-state index is 0. The van der Waals surface area contributed by atoms with Crippen LogP contribution in [-0.2, 0) is 0 Å². The molecule has 0 aromatic heterocycles. The molecular formula is C18H31ClINO. The van der Waals surface area contributed by atoms with Gasteiger partial charge in [0.2, 0.25) is 0 Å². The van der Waals surface area contributed by atoms with E-state index in [4.69, 9.17) is 0 Å². The van der Waals surface area contributed by atoms with Gasteiger partial charge in [-0.1, -0.05) is 51.7 Å². The van der Waals surface area contributed by atoms with Gasteiger partial charge in [-0.2, -0.15) is 0 Å². The van der Waals surface area contributed by atoms with Crippen LogP contribution >= 0.6 is 35.0 Å². The Labute approximate surface area is 156 Å². The zero-order valence-corrected chi connectivity index (χ0v) is 16.9. The van der Waals surface area contributed by atoms with E-state index in [1.54, 1.807) is 0 Å². The number of unbranched alkanes of at least 4 members (excludes halogenated alkanes) is 4. The van der Waals surface area contributed by atoms with E-state index in [0.29, 0.717) is 0 Å². The largest absolute Gasteiger partial charge is 0.387 e. The van der Waals surface area contributed by atoms with Crippen molar-refractivity contribution in [2.75, 3.05) is 19.6 Å². The van der Waals surface area contributed by atoms with Gasteiger partial charge in [0.25, 0.3) is 0 Å². The smallest absolute Gasteiger partial charge is 0.0916 e. The Kier molecular flexibility index (Phi) is 13.7. The summed E-state index contributed by atoms with van der Waals surface area (Å²) in [6, 6.07) is 8.22. The lowest BCUT2D eigenvalue weighted by molar-refractivity contribution is 0.110. The highest BCUT2D eigenvalue weighted by atomic mass is 127. The summed E-state index contributed by atoms with van der Waals surface area (Å²) in [4.78, 5) is 2.44. The van der Waals surface area contributed by atoms with Gasteiger partial charge in [0.15, 0.2) is 0 Å². The summed E-state index contributed by atoms with van der Waals surface area (Å²) in [5, 5.41) is 10.5. The molecule has 0 radical (unpaired) electrons. The fourth-order valence-corrected chi connectivity index (χ4v) is 2.86. The highest BCUT2D eigenvalue weighted by Gasteiger charge is 2.13. The fourth-order valence-electron chi connectivity index (χ4n) is 2.50. The number of aliphatic hydroxyl groups excluding tert-OH is 1. The average molecular weight is 440 g/mol. The quantitative estimate of drug-likeness (QED) is 0.367. The van der Waals surface area contributed by atoms with Crippen molar-refractivity contribution in [3.63, 3.8) is 0 Å². The van der Waals surface area contributed by atoms with Crippen LogP contribution in [0.1, 0.15) is 64.0 Å². The van der Waals surface area contributed by atoms with E-state index in [-0.39, 0.29) is 18.5 Å². The third-order valence-electron chi connectivity index (χ3n) is 3.84. The zero-order chi connectivity index (χ0) is 15.5. The molecule has 128 valence electrons. The first kappa shape index (κ1) is 22.2. The van der Waals surface area contributed by atoms with E-state index in [1.165, 1.54) is 42.1 Å². The second-order valence-electron chi connectivity index (χ2n) is 5.78. The summed E-state index contributed by atoms with van der Waals surface area (Å²) in [5.74, 6) is 0. The number of halogens is 2. The summed E-state index contributed by atoms with van der Waals surface area (Å²) in [6.45, 7) is 7.45. The summed E-state index contributed by atoms with van der Waals surface area (Å²) in [5.41, 5.74) is 1.03. The Morgan fingerprint density at radius 2 is 1.45 bits per heavy atom. The van der Waals surface area contributed by atoms with Crippen LogP contribution in [0.3, 0.4) is 0 Å². The van der Waals surface area contributed by atoms with Gasteiger partial charge in [0.05, 0.1) is 6.10 Å². The van der Waals surface area contributed by atoms with Crippen molar-refractivity contribution in [3.8, 4) is 0 Å².